The Labute approximate surface area is 184 Å². The van der Waals surface area contributed by atoms with Gasteiger partial charge in [0.05, 0.1) is 13.2 Å². The second kappa shape index (κ2) is 9.98. The maximum atomic E-state index is 13.4. The Hall–Kier alpha value is -3.53. The summed E-state index contributed by atoms with van der Waals surface area (Å²) in [5.74, 6) is 0.719. The van der Waals surface area contributed by atoms with E-state index in [-0.39, 0.29) is 12.1 Å². The molecular formula is C27H28N2O2. The molecule has 1 aliphatic rings. The number of rotatable bonds is 6. The normalized spacial score (nSPS) is 15.3. The van der Waals surface area contributed by atoms with Gasteiger partial charge in [-0.15, -0.1) is 0 Å². The summed E-state index contributed by atoms with van der Waals surface area (Å²) in [6.45, 7) is 0.531. The van der Waals surface area contributed by atoms with Gasteiger partial charge in [-0.3, -0.25) is 0 Å². The van der Waals surface area contributed by atoms with Gasteiger partial charge < -0.3 is 15.0 Å². The monoisotopic (exact) mass is 412 g/mol. The predicted octanol–water partition coefficient (Wildman–Crippen LogP) is 6.32. The molecule has 2 amide bonds. The zero-order valence-corrected chi connectivity index (χ0v) is 17.8. The molecule has 3 aromatic carbocycles. The Morgan fingerprint density at radius 2 is 1.87 bits per heavy atom. The molecule has 0 spiro atoms. The molecule has 0 radical (unpaired) electrons. The molecular weight excluding hydrogens is 384 g/mol. The fourth-order valence-electron chi connectivity index (χ4n) is 4.17. The van der Waals surface area contributed by atoms with Crippen molar-refractivity contribution < 1.29 is 9.53 Å². The largest absolute Gasteiger partial charge is 0.497 e. The molecule has 0 unspecified atom stereocenters. The van der Waals surface area contributed by atoms with E-state index in [1.165, 1.54) is 11.1 Å². The number of nitrogens with one attached hydrogen (secondary N) is 1. The number of hydrogen-bond acceptors (Lipinski definition) is 2. The number of benzene rings is 3. The highest BCUT2D eigenvalue weighted by Gasteiger charge is 2.28. The quantitative estimate of drug-likeness (QED) is 0.515. The Balaban J connectivity index is 1.59. The fourth-order valence-corrected chi connectivity index (χ4v) is 4.17. The first-order valence-electron chi connectivity index (χ1n) is 10.8. The number of ether oxygens (including phenoxy) is 1. The summed E-state index contributed by atoms with van der Waals surface area (Å²) in [5.41, 5.74) is 4.44. The van der Waals surface area contributed by atoms with E-state index in [0.717, 1.165) is 36.3 Å². The van der Waals surface area contributed by atoms with Crippen molar-refractivity contribution in [3.63, 3.8) is 0 Å². The molecule has 0 saturated carbocycles. The summed E-state index contributed by atoms with van der Waals surface area (Å²) in [7, 11) is 1.63. The topological polar surface area (TPSA) is 41.6 Å². The number of hydrogen-bond donors (Lipinski definition) is 1. The number of methoxy groups -OCH3 is 1. The van der Waals surface area contributed by atoms with Crippen molar-refractivity contribution in [1.82, 2.24) is 4.90 Å². The lowest BCUT2D eigenvalue weighted by atomic mass is 9.87. The molecule has 0 bridgehead atoms. The van der Waals surface area contributed by atoms with Crippen LogP contribution in [0.25, 0.3) is 6.08 Å². The van der Waals surface area contributed by atoms with Gasteiger partial charge in [0.15, 0.2) is 0 Å². The van der Waals surface area contributed by atoms with E-state index >= 15 is 0 Å². The second-order valence-corrected chi connectivity index (χ2v) is 7.73. The average molecular weight is 413 g/mol. The molecule has 31 heavy (non-hydrogen) atoms. The number of nitrogens with zero attached hydrogens (tertiary/aromatic N) is 1. The highest BCUT2D eigenvalue weighted by Crippen LogP contribution is 2.34. The minimum atomic E-state index is -0.104. The molecule has 0 fully saturated rings. The Morgan fingerprint density at radius 1 is 1.06 bits per heavy atom. The van der Waals surface area contributed by atoms with Gasteiger partial charge in [0.1, 0.15) is 5.75 Å². The lowest BCUT2D eigenvalue weighted by Crippen LogP contribution is -2.39. The number of urea groups is 1. The molecule has 4 nitrogen and oxygen atoms in total. The van der Waals surface area contributed by atoms with E-state index in [2.05, 4.69) is 53.9 Å². The van der Waals surface area contributed by atoms with Gasteiger partial charge >= 0.3 is 6.03 Å². The molecule has 1 N–H and O–H groups in total. The summed E-state index contributed by atoms with van der Waals surface area (Å²) >= 11 is 0. The van der Waals surface area contributed by atoms with Crippen molar-refractivity contribution in [2.24, 2.45) is 0 Å². The third-order valence-corrected chi connectivity index (χ3v) is 5.71. The number of amides is 2. The number of fused-ring (bicyclic) bond motifs is 1. The molecule has 1 aliphatic carbocycles. The Bertz CT molecular complexity index is 1050. The first-order chi connectivity index (χ1) is 15.2. The highest BCUT2D eigenvalue weighted by atomic mass is 16.5. The van der Waals surface area contributed by atoms with Crippen LogP contribution in [0.3, 0.4) is 0 Å². The van der Waals surface area contributed by atoms with Crippen LogP contribution in [0, 0.1) is 0 Å². The van der Waals surface area contributed by atoms with Crippen molar-refractivity contribution in [2.45, 2.75) is 25.3 Å². The van der Waals surface area contributed by atoms with Crippen molar-refractivity contribution in [1.29, 1.82) is 0 Å². The molecule has 4 heteroatoms. The fraction of sp³-hybridized carbons (Fsp3) is 0.222. The molecule has 3 aromatic rings. The van der Waals surface area contributed by atoms with Gasteiger partial charge in [-0.2, -0.15) is 0 Å². The predicted molar refractivity (Wildman–Crippen MR) is 126 cm³/mol. The number of anilines is 1. The third kappa shape index (κ3) is 5.15. The smallest absolute Gasteiger partial charge is 0.322 e. The van der Waals surface area contributed by atoms with Crippen LogP contribution in [0.4, 0.5) is 10.5 Å². The maximum Gasteiger partial charge on any atom is 0.322 e. The molecule has 0 saturated heterocycles. The molecule has 0 heterocycles. The van der Waals surface area contributed by atoms with Gasteiger partial charge in [-0.1, -0.05) is 72.8 Å². The van der Waals surface area contributed by atoms with Crippen LogP contribution in [0.5, 0.6) is 5.75 Å². The SMILES string of the molecule is COc1cccc(NC(=O)N(C/C=C/c2ccccc2)[C@H]2CCCc3ccccc32)c1. The summed E-state index contributed by atoms with van der Waals surface area (Å²) in [5, 5.41) is 3.07. The maximum absolute atomic E-state index is 13.4. The summed E-state index contributed by atoms with van der Waals surface area (Å²) in [6.07, 6.45) is 7.24. The van der Waals surface area contributed by atoms with Crippen LogP contribution in [-0.2, 0) is 6.42 Å². The van der Waals surface area contributed by atoms with Crippen molar-refractivity contribution in [3.05, 3.63) is 102 Å². The van der Waals surface area contributed by atoms with Crippen LogP contribution in [0.15, 0.2) is 84.9 Å². The van der Waals surface area contributed by atoms with E-state index < -0.39 is 0 Å². The Morgan fingerprint density at radius 3 is 2.71 bits per heavy atom. The van der Waals surface area contributed by atoms with Crippen molar-refractivity contribution >= 4 is 17.8 Å². The van der Waals surface area contributed by atoms with E-state index in [4.69, 9.17) is 4.74 Å². The first kappa shape index (κ1) is 20.7. The van der Waals surface area contributed by atoms with Crippen molar-refractivity contribution in [3.8, 4) is 5.75 Å². The van der Waals surface area contributed by atoms with Crippen LogP contribution in [0.2, 0.25) is 0 Å². The zero-order valence-electron chi connectivity index (χ0n) is 17.8. The summed E-state index contributed by atoms with van der Waals surface area (Å²) in [4.78, 5) is 15.3. The van der Waals surface area contributed by atoms with E-state index in [1.54, 1.807) is 7.11 Å². The van der Waals surface area contributed by atoms with Crippen LogP contribution >= 0.6 is 0 Å². The summed E-state index contributed by atoms with van der Waals surface area (Å²) < 4.78 is 5.30. The van der Waals surface area contributed by atoms with Crippen LogP contribution in [-0.4, -0.2) is 24.6 Å². The number of carbonyl (C=O) groups excluding carboxylic acids is 1. The summed E-state index contributed by atoms with van der Waals surface area (Å²) in [6, 6.07) is 26.1. The van der Waals surface area contributed by atoms with Crippen LogP contribution in [0.1, 0.15) is 35.6 Å². The first-order valence-corrected chi connectivity index (χ1v) is 10.8. The number of carbonyl (C=O) groups is 1. The minimum absolute atomic E-state index is 0.0518. The molecule has 1 atom stereocenters. The second-order valence-electron chi connectivity index (χ2n) is 7.73. The van der Waals surface area contributed by atoms with Gasteiger partial charge in [0.25, 0.3) is 0 Å². The van der Waals surface area contributed by atoms with Gasteiger partial charge in [-0.05, 0) is 48.1 Å². The molecule has 0 aliphatic heterocycles. The molecule has 158 valence electrons. The Kier molecular flexibility index (Phi) is 6.68. The van der Waals surface area contributed by atoms with E-state index in [9.17, 15) is 4.79 Å². The lowest BCUT2D eigenvalue weighted by molar-refractivity contribution is 0.188. The molecule has 0 aromatic heterocycles. The van der Waals surface area contributed by atoms with E-state index in [1.807, 2.05) is 47.4 Å². The van der Waals surface area contributed by atoms with Crippen LogP contribution < -0.4 is 10.1 Å². The zero-order chi connectivity index (χ0) is 21.5. The average Bonchev–Trinajstić information content (AvgIpc) is 2.82. The van der Waals surface area contributed by atoms with Gasteiger partial charge in [-0.25, -0.2) is 4.79 Å². The lowest BCUT2D eigenvalue weighted by Gasteiger charge is -2.35. The van der Waals surface area contributed by atoms with Crippen molar-refractivity contribution in [2.75, 3.05) is 19.0 Å². The molecule has 4 rings (SSSR count). The standard InChI is InChI=1S/C27H28N2O2/c1-31-24-16-8-15-23(20-24)28-27(30)29(19-9-12-21-10-3-2-4-11-21)26-18-7-14-22-13-5-6-17-25(22)26/h2-6,8-13,15-17,20,26H,7,14,18-19H2,1H3,(H,28,30)/b12-9+/t26-/m0/s1. The third-order valence-electron chi connectivity index (χ3n) is 5.71. The van der Waals surface area contributed by atoms with Gasteiger partial charge in [0, 0.05) is 18.3 Å². The minimum Gasteiger partial charge on any atom is -0.497 e. The van der Waals surface area contributed by atoms with Gasteiger partial charge in [0.2, 0.25) is 0 Å². The highest BCUT2D eigenvalue weighted by molar-refractivity contribution is 5.90. The van der Waals surface area contributed by atoms with E-state index in [0.29, 0.717) is 6.54 Å². The number of aryl methyl sites for hydroxylation is 1.